The third kappa shape index (κ3) is 6.18. The molecule has 0 aromatic heterocycles. The molecular formula is C17H25ClOSi2. The van der Waals surface area contributed by atoms with E-state index in [1.54, 1.807) is 7.11 Å². The van der Waals surface area contributed by atoms with Gasteiger partial charge in [-0.25, -0.2) is 0 Å². The first-order chi connectivity index (χ1) is 9.77. The van der Waals surface area contributed by atoms with Gasteiger partial charge in [-0.15, -0.1) is 0 Å². The Morgan fingerprint density at radius 2 is 1.10 bits per heavy atom. The topological polar surface area (TPSA) is 9.23 Å². The fraction of sp³-hybridized carbons (Fsp3) is 0.294. The highest BCUT2D eigenvalue weighted by Gasteiger charge is 2.22. The predicted octanol–water partition coefficient (Wildman–Crippen LogP) is 4.08. The molecule has 0 atom stereocenters. The lowest BCUT2D eigenvalue weighted by Gasteiger charge is -2.19. The van der Waals surface area contributed by atoms with Crippen LogP contribution in [-0.4, -0.2) is 22.8 Å². The monoisotopic (exact) mass is 336 g/mol. The van der Waals surface area contributed by atoms with E-state index in [9.17, 15) is 0 Å². The van der Waals surface area contributed by atoms with Crippen molar-refractivity contribution in [2.24, 2.45) is 0 Å². The van der Waals surface area contributed by atoms with Gasteiger partial charge in [-0.05, 0) is 23.5 Å². The normalized spacial score (nSPS) is 11.5. The lowest BCUT2D eigenvalue weighted by atomic mass is 10.4. The van der Waals surface area contributed by atoms with Gasteiger partial charge >= 0.3 is 0 Å². The molecule has 1 nitrogen and oxygen atoms in total. The second-order valence-corrected chi connectivity index (χ2v) is 16.3. The van der Waals surface area contributed by atoms with E-state index >= 15 is 0 Å². The van der Waals surface area contributed by atoms with E-state index in [0.717, 1.165) is 0 Å². The molecular weight excluding hydrogens is 312 g/mol. The maximum absolute atomic E-state index is 6.20. The van der Waals surface area contributed by atoms with Crippen LogP contribution in [0.3, 0.4) is 0 Å². The van der Waals surface area contributed by atoms with Crippen molar-refractivity contribution in [1.82, 2.24) is 0 Å². The van der Waals surface area contributed by atoms with Gasteiger partial charge in [-0.3, -0.25) is 0 Å². The second-order valence-electron chi connectivity index (χ2n) is 5.92. The van der Waals surface area contributed by atoms with Crippen LogP contribution in [0, 0.1) is 0 Å². The molecule has 0 aliphatic rings. The molecule has 0 aliphatic heterocycles. The van der Waals surface area contributed by atoms with Gasteiger partial charge in [0.1, 0.15) is 0 Å². The van der Waals surface area contributed by atoms with Crippen molar-refractivity contribution < 1.29 is 4.43 Å². The van der Waals surface area contributed by atoms with Crippen LogP contribution < -0.4 is 10.4 Å². The van der Waals surface area contributed by atoms with Crippen molar-refractivity contribution >= 4 is 37.2 Å². The van der Waals surface area contributed by atoms with Crippen LogP contribution in [0.25, 0.3) is 0 Å². The van der Waals surface area contributed by atoms with Crippen LogP contribution in [0.15, 0.2) is 60.7 Å². The smallest absolute Gasteiger partial charge is 0.217 e. The molecule has 0 bridgehead atoms. The van der Waals surface area contributed by atoms with E-state index in [1.807, 2.05) is 24.3 Å². The Hall–Kier alpha value is -0.876. The van der Waals surface area contributed by atoms with Gasteiger partial charge in [-0.2, -0.15) is 11.1 Å². The van der Waals surface area contributed by atoms with Crippen molar-refractivity contribution in [2.45, 2.75) is 26.2 Å². The molecule has 0 N–H and O–H groups in total. The molecule has 21 heavy (non-hydrogen) atoms. The van der Waals surface area contributed by atoms with Crippen LogP contribution in [0.1, 0.15) is 0 Å². The van der Waals surface area contributed by atoms with Crippen molar-refractivity contribution in [3.8, 4) is 0 Å². The van der Waals surface area contributed by atoms with Gasteiger partial charge in [0, 0.05) is 7.11 Å². The third-order valence-corrected chi connectivity index (χ3v) is 8.54. The molecule has 0 saturated carbocycles. The molecule has 2 aromatic rings. The van der Waals surface area contributed by atoms with E-state index < -0.39 is 15.7 Å². The first kappa shape index (κ1) is 18.2. The average molecular weight is 337 g/mol. The summed E-state index contributed by atoms with van der Waals surface area (Å²) in [5, 5.41) is 2.65. The van der Waals surface area contributed by atoms with Crippen LogP contribution in [0.5, 0.6) is 0 Å². The average Bonchev–Trinajstić information content (AvgIpc) is 2.49. The van der Waals surface area contributed by atoms with Gasteiger partial charge in [0.05, 0.1) is 0 Å². The third-order valence-electron chi connectivity index (χ3n) is 3.44. The van der Waals surface area contributed by atoms with E-state index in [1.165, 1.54) is 10.4 Å². The minimum atomic E-state index is -1.56. The first-order valence-corrected chi connectivity index (χ1v) is 14.0. The van der Waals surface area contributed by atoms with E-state index in [0.29, 0.717) is 0 Å². The Bertz CT molecular complexity index is 521. The summed E-state index contributed by atoms with van der Waals surface area (Å²) in [6.45, 7) is 8.65. The number of benzene rings is 2. The molecule has 0 unspecified atom stereocenters. The lowest BCUT2D eigenvalue weighted by Crippen LogP contribution is -2.43. The van der Waals surface area contributed by atoms with Gasteiger partial charge in [0.25, 0.3) is 0 Å². The van der Waals surface area contributed by atoms with E-state index in [-0.39, 0.29) is 0 Å². The number of hydrogen-bond donors (Lipinski definition) is 0. The SMILES string of the molecule is CO[Si](C)(C)c1ccccc1.C[Si](C)(Cl)c1ccccc1. The highest BCUT2D eigenvalue weighted by molar-refractivity contribution is 7.26. The summed E-state index contributed by atoms with van der Waals surface area (Å²) in [5.41, 5.74) is 0. The standard InChI is InChI=1S/C9H14OSi.C8H11ClSi/c1-10-11(2,3)9-7-5-4-6-8-9;1-10(2,9)8-6-4-3-5-7-8/h4-8H,1-3H3;3-7H,1-2H3. The summed E-state index contributed by atoms with van der Waals surface area (Å²) in [7, 11) is -1.32. The number of halogens is 1. The number of rotatable bonds is 3. The molecule has 114 valence electrons. The summed E-state index contributed by atoms with van der Waals surface area (Å²) < 4.78 is 5.46. The molecule has 2 rings (SSSR count). The molecule has 0 saturated heterocycles. The van der Waals surface area contributed by atoms with Crippen LogP contribution in [0.4, 0.5) is 0 Å². The summed E-state index contributed by atoms with van der Waals surface area (Å²) in [6, 6.07) is 20.7. The van der Waals surface area contributed by atoms with Crippen molar-refractivity contribution in [3.05, 3.63) is 60.7 Å². The summed E-state index contributed by atoms with van der Waals surface area (Å²) in [4.78, 5) is 0. The quantitative estimate of drug-likeness (QED) is 0.606. The minimum Gasteiger partial charge on any atom is -0.416 e. The molecule has 2 aromatic carbocycles. The fourth-order valence-electron chi connectivity index (χ4n) is 1.79. The van der Waals surface area contributed by atoms with Gasteiger partial charge in [-0.1, -0.05) is 73.8 Å². The Morgan fingerprint density at radius 1 is 0.714 bits per heavy atom. The van der Waals surface area contributed by atoms with Crippen molar-refractivity contribution in [1.29, 1.82) is 0 Å². The summed E-state index contributed by atoms with van der Waals surface area (Å²) >= 11 is 6.20. The zero-order valence-corrected chi connectivity index (χ0v) is 16.3. The Labute approximate surface area is 135 Å². The highest BCUT2D eigenvalue weighted by Crippen LogP contribution is 2.06. The Morgan fingerprint density at radius 3 is 1.38 bits per heavy atom. The molecule has 0 amide bonds. The zero-order chi connectivity index (χ0) is 15.9. The van der Waals surface area contributed by atoms with E-state index in [4.69, 9.17) is 15.5 Å². The molecule has 4 heteroatoms. The van der Waals surface area contributed by atoms with Gasteiger partial charge in [0.2, 0.25) is 8.32 Å². The largest absolute Gasteiger partial charge is 0.416 e. The van der Waals surface area contributed by atoms with Gasteiger partial charge in [0.15, 0.2) is 7.38 Å². The fourth-order valence-corrected chi connectivity index (χ4v) is 4.39. The minimum absolute atomic E-state index is 1.30. The Balaban J connectivity index is 0.000000211. The second kappa shape index (κ2) is 7.94. The molecule has 0 aliphatic carbocycles. The molecule has 0 heterocycles. The predicted molar refractivity (Wildman–Crippen MR) is 100.0 cm³/mol. The maximum atomic E-state index is 6.20. The van der Waals surface area contributed by atoms with Gasteiger partial charge < -0.3 is 4.43 Å². The summed E-state index contributed by atoms with van der Waals surface area (Å²) in [5.74, 6) is 0. The van der Waals surface area contributed by atoms with E-state index in [2.05, 4.69) is 62.6 Å². The molecule has 0 spiro atoms. The van der Waals surface area contributed by atoms with Crippen LogP contribution in [0.2, 0.25) is 26.2 Å². The number of hydrogen-bond acceptors (Lipinski definition) is 1. The maximum Gasteiger partial charge on any atom is 0.217 e. The van der Waals surface area contributed by atoms with Crippen molar-refractivity contribution in [3.63, 3.8) is 0 Å². The summed E-state index contributed by atoms with van der Waals surface area (Å²) in [6.07, 6.45) is 0. The van der Waals surface area contributed by atoms with Crippen LogP contribution in [-0.2, 0) is 4.43 Å². The molecule has 0 fully saturated rings. The first-order valence-electron chi connectivity index (χ1n) is 7.12. The zero-order valence-electron chi connectivity index (χ0n) is 13.6. The molecule has 0 radical (unpaired) electrons. The van der Waals surface area contributed by atoms with Crippen LogP contribution >= 0.6 is 11.1 Å². The Kier molecular flexibility index (Phi) is 6.87. The highest BCUT2D eigenvalue weighted by atomic mass is 35.6. The lowest BCUT2D eigenvalue weighted by molar-refractivity contribution is 0.416. The van der Waals surface area contributed by atoms with Crippen molar-refractivity contribution in [2.75, 3.05) is 7.11 Å².